The van der Waals surface area contributed by atoms with Crippen LogP contribution >= 0.6 is 11.6 Å². The van der Waals surface area contributed by atoms with Crippen molar-refractivity contribution in [3.63, 3.8) is 0 Å². The highest BCUT2D eigenvalue weighted by Crippen LogP contribution is 2.48. The van der Waals surface area contributed by atoms with Gasteiger partial charge in [0.15, 0.2) is 5.82 Å². The van der Waals surface area contributed by atoms with Gasteiger partial charge in [0, 0.05) is 20.0 Å². The summed E-state index contributed by atoms with van der Waals surface area (Å²) in [6.07, 6.45) is -6.54. The number of benzene rings is 1. The molecule has 2 heterocycles. The van der Waals surface area contributed by atoms with Crippen molar-refractivity contribution >= 4 is 35.0 Å². The molecule has 0 unspecified atom stereocenters. The molecule has 14 heteroatoms. The summed E-state index contributed by atoms with van der Waals surface area (Å²) in [5.74, 6) is -7.74. The van der Waals surface area contributed by atoms with Crippen LogP contribution in [-0.4, -0.2) is 36.6 Å². The molecule has 0 saturated carbocycles. The SMILES string of the molecule is CN(C(=O)[C@@H]1CNC(=O)N1c1cc(C(F)(F)F)c2c(n1)CCC2(F)F)c1ccc(F)c(Cl)c1F. The molecule has 1 saturated heterocycles. The van der Waals surface area contributed by atoms with Crippen LogP contribution in [0.3, 0.4) is 0 Å². The second-order valence-corrected chi connectivity index (χ2v) is 8.09. The van der Waals surface area contributed by atoms with Gasteiger partial charge in [-0.3, -0.25) is 9.69 Å². The Bertz CT molecular complexity index is 1200. The molecule has 2 aromatic rings. The number of amides is 3. The minimum atomic E-state index is -5.18. The second-order valence-electron chi connectivity index (χ2n) is 7.72. The molecule has 1 atom stereocenters. The fourth-order valence-electron chi connectivity index (χ4n) is 4.00. The summed E-state index contributed by atoms with van der Waals surface area (Å²) in [6.45, 7) is -0.394. The largest absolute Gasteiger partial charge is 0.417 e. The minimum Gasteiger partial charge on any atom is -0.335 e. The Morgan fingerprint density at radius 1 is 1.29 bits per heavy atom. The highest BCUT2D eigenvalue weighted by atomic mass is 35.5. The fourth-order valence-corrected chi connectivity index (χ4v) is 4.16. The van der Waals surface area contributed by atoms with Gasteiger partial charge in [0.25, 0.3) is 11.8 Å². The smallest absolute Gasteiger partial charge is 0.335 e. The summed E-state index contributed by atoms with van der Waals surface area (Å²) in [5, 5.41) is 1.39. The Kier molecular flexibility index (Phi) is 5.66. The number of anilines is 2. The van der Waals surface area contributed by atoms with Crippen LogP contribution in [0.4, 0.5) is 47.0 Å². The van der Waals surface area contributed by atoms with Crippen LogP contribution in [0.5, 0.6) is 0 Å². The number of likely N-dealkylation sites (N-methyl/N-ethyl adjacent to an activating group) is 1. The van der Waals surface area contributed by atoms with Crippen molar-refractivity contribution in [3.05, 3.63) is 51.7 Å². The predicted molar refractivity (Wildman–Crippen MR) is 106 cm³/mol. The molecule has 1 aromatic heterocycles. The highest BCUT2D eigenvalue weighted by Gasteiger charge is 2.50. The van der Waals surface area contributed by atoms with E-state index in [1.54, 1.807) is 0 Å². The molecule has 1 fully saturated rings. The lowest BCUT2D eigenvalue weighted by Gasteiger charge is -2.28. The number of aromatic nitrogens is 1. The number of pyridine rings is 1. The quantitative estimate of drug-likeness (QED) is 0.484. The van der Waals surface area contributed by atoms with Crippen molar-refractivity contribution in [2.45, 2.75) is 31.0 Å². The number of fused-ring (bicyclic) bond motifs is 1. The van der Waals surface area contributed by atoms with Gasteiger partial charge in [-0.1, -0.05) is 11.6 Å². The van der Waals surface area contributed by atoms with E-state index in [0.29, 0.717) is 15.9 Å². The van der Waals surface area contributed by atoms with Gasteiger partial charge in [0.1, 0.15) is 22.7 Å². The van der Waals surface area contributed by atoms with Crippen LogP contribution in [-0.2, 0) is 23.3 Å². The van der Waals surface area contributed by atoms with Gasteiger partial charge < -0.3 is 10.2 Å². The van der Waals surface area contributed by atoms with Crippen LogP contribution in [0.2, 0.25) is 5.02 Å². The van der Waals surface area contributed by atoms with Crippen molar-refractivity contribution in [2.75, 3.05) is 23.4 Å². The highest BCUT2D eigenvalue weighted by molar-refractivity contribution is 6.31. The monoisotopic (exact) mass is 510 g/mol. The molecule has 182 valence electrons. The Labute approximate surface area is 192 Å². The molecule has 1 N–H and O–H groups in total. The summed E-state index contributed by atoms with van der Waals surface area (Å²) in [7, 11) is 1.09. The van der Waals surface area contributed by atoms with E-state index in [2.05, 4.69) is 10.3 Å². The summed E-state index contributed by atoms with van der Waals surface area (Å²) in [6, 6.07) is -0.499. The van der Waals surface area contributed by atoms with E-state index in [-0.39, 0.29) is 0 Å². The molecule has 4 rings (SSSR count). The summed E-state index contributed by atoms with van der Waals surface area (Å²) in [4.78, 5) is 30.6. The number of carbonyl (C=O) groups is 2. The Morgan fingerprint density at radius 2 is 1.97 bits per heavy atom. The molecule has 0 radical (unpaired) electrons. The standard InChI is InChI=1S/C20H14ClF7N4O2/c1-31(11-3-2-9(22)15(21)16(11)23)17(33)12-7-29-18(34)32(12)13-6-8(20(26,27)28)14-10(30-13)4-5-19(14,24)25/h2-3,6,12H,4-5,7H2,1H3,(H,29,34)/t12-/m0/s1. The van der Waals surface area contributed by atoms with Crippen LogP contribution in [0.25, 0.3) is 0 Å². The van der Waals surface area contributed by atoms with Gasteiger partial charge in [-0.15, -0.1) is 0 Å². The molecule has 0 spiro atoms. The fraction of sp³-hybridized carbons (Fsp3) is 0.350. The van der Waals surface area contributed by atoms with Gasteiger partial charge in [-0.05, 0) is 24.6 Å². The van der Waals surface area contributed by atoms with Crippen LogP contribution < -0.4 is 15.1 Å². The van der Waals surface area contributed by atoms with E-state index >= 15 is 0 Å². The Hall–Kier alpha value is -3.09. The van der Waals surface area contributed by atoms with Gasteiger partial charge >= 0.3 is 12.2 Å². The molecule has 1 aromatic carbocycles. The van der Waals surface area contributed by atoms with Crippen molar-refractivity contribution in [1.29, 1.82) is 0 Å². The third kappa shape index (κ3) is 3.81. The normalized spacial score (nSPS) is 19.3. The lowest BCUT2D eigenvalue weighted by molar-refractivity contribution is -0.141. The number of aryl methyl sites for hydroxylation is 1. The number of hydrogen-bond acceptors (Lipinski definition) is 3. The van der Waals surface area contributed by atoms with E-state index in [1.807, 2.05) is 0 Å². The van der Waals surface area contributed by atoms with Gasteiger partial charge in [-0.2, -0.15) is 13.2 Å². The first-order chi connectivity index (χ1) is 15.7. The number of halogens is 8. The maximum absolute atomic E-state index is 14.4. The third-order valence-corrected chi connectivity index (χ3v) is 5.99. The maximum atomic E-state index is 14.4. The molecule has 1 aliphatic heterocycles. The van der Waals surface area contributed by atoms with E-state index < -0.39 is 94.4 Å². The van der Waals surface area contributed by atoms with Crippen LogP contribution in [0.1, 0.15) is 23.2 Å². The first-order valence-corrected chi connectivity index (χ1v) is 10.1. The lowest BCUT2D eigenvalue weighted by atomic mass is 10.0. The molecule has 2 aliphatic rings. The van der Waals surface area contributed by atoms with E-state index in [1.165, 1.54) is 0 Å². The van der Waals surface area contributed by atoms with Gasteiger partial charge in [0.2, 0.25) is 0 Å². The molecule has 1 aliphatic carbocycles. The zero-order valence-corrected chi connectivity index (χ0v) is 17.9. The molecule has 3 amide bonds. The minimum absolute atomic E-state index is 0.290. The van der Waals surface area contributed by atoms with Crippen molar-refractivity contribution < 1.29 is 40.3 Å². The van der Waals surface area contributed by atoms with Gasteiger partial charge in [0.05, 0.1) is 22.5 Å². The first kappa shape index (κ1) is 24.0. The number of hydrogen-bond donors (Lipinski definition) is 1. The number of urea groups is 1. The second kappa shape index (κ2) is 8.00. The summed E-state index contributed by atoms with van der Waals surface area (Å²) < 4.78 is 97.0. The number of carbonyl (C=O) groups excluding carboxylic acids is 2. The van der Waals surface area contributed by atoms with E-state index in [4.69, 9.17) is 11.6 Å². The Balaban J connectivity index is 1.76. The van der Waals surface area contributed by atoms with E-state index in [0.717, 1.165) is 19.2 Å². The zero-order valence-electron chi connectivity index (χ0n) is 17.1. The molecule has 6 nitrogen and oxygen atoms in total. The molecular weight excluding hydrogens is 497 g/mol. The molecular formula is C20H14ClF7N4O2. The number of rotatable bonds is 3. The maximum Gasteiger partial charge on any atom is 0.417 e. The number of alkyl halides is 5. The summed E-state index contributed by atoms with van der Waals surface area (Å²) in [5.41, 5.74) is -3.91. The first-order valence-electron chi connectivity index (χ1n) is 9.71. The van der Waals surface area contributed by atoms with Crippen molar-refractivity contribution in [2.24, 2.45) is 0 Å². The number of nitrogens with one attached hydrogen (secondary N) is 1. The topological polar surface area (TPSA) is 65.5 Å². The summed E-state index contributed by atoms with van der Waals surface area (Å²) >= 11 is 5.53. The third-order valence-electron chi connectivity index (χ3n) is 5.64. The average Bonchev–Trinajstić information content (AvgIpc) is 3.29. The van der Waals surface area contributed by atoms with Gasteiger partial charge in [-0.25, -0.2) is 27.3 Å². The van der Waals surface area contributed by atoms with Crippen molar-refractivity contribution in [3.8, 4) is 0 Å². The average molecular weight is 511 g/mol. The van der Waals surface area contributed by atoms with Crippen LogP contribution in [0, 0.1) is 11.6 Å². The Morgan fingerprint density at radius 3 is 2.62 bits per heavy atom. The predicted octanol–water partition coefficient (Wildman–Crippen LogP) is 4.63. The van der Waals surface area contributed by atoms with E-state index in [9.17, 15) is 40.3 Å². The zero-order chi connectivity index (χ0) is 25.2. The van der Waals surface area contributed by atoms with Crippen LogP contribution in [0.15, 0.2) is 18.2 Å². The molecule has 0 bridgehead atoms. The molecule has 34 heavy (non-hydrogen) atoms. The number of nitrogens with zero attached hydrogens (tertiary/aromatic N) is 3. The lowest BCUT2D eigenvalue weighted by Crippen LogP contribution is -2.47. The van der Waals surface area contributed by atoms with Crippen molar-refractivity contribution in [1.82, 2.24) is 10.3 Å².